The van der Waals surface area contributed by atoms with Crippen LogP contribution in [0.25, 0.3) is 0 Å². The molecule has 78 valence electrons. The molecule has 0 heterocycles. The number of hydrogen-bond donors (Lipinski definition) is 1. The number of hydrogen-bond acceptors (Lipinski definition) is 4. The van der Waals surface area contributed by atoms with Crippen molar-refractivity contribution >= 4 is 13.6 Å². The van der Waals surface area contributed by atoms with E-state index in [2.05, 4.69) is 9.26 Å². The Bertz CT molecular complexity index is 203. The van der Waals surface area contributed by atoms with Gasteiger partial charge in [-0.3, -0.25) is 9.36 Å². The fraction of sp³-hybridized carbons (Fsp3) is 0.857. The van der Waals surface area contributed by atoms with Crippen molar-refractivity contribution in [2.24, 2.45) is 0 Å². The molecule has 0 aromatic heterocycles. The highest BCUT2D eigenvalue weighted by Crippen LogP contribution is 2.42. The van der Waals surface area contributed by atoms with Gasteiger partial charge in [-0.1, -0.05) is 0 Å². The van der Waals surface area contributed by atoms with Crippen LogP contribution >= 0.6 is 7.60 Å². The molecular weight excluding hydrogens is 195 g/mol. The Hall–Kier alpha value is -0.380. The van der Waals surface area contributed by atoms with Crippen molar-refractivity contribution in [2.45, 2.75) is 20.3 Å². The zero-order chi connectivity index (χ0) is 10.3. The van der Waals surface area contributed by atoms with E-state index in [1.807, 2.05) is 0 Å². The van der Waals surface area contributed by atoms with Gasteiger partial charge >= 0.3 is 13.6 Å². The van der Waals surface area contributed by atoms with Gasteiger partial charge in [0, 0.05) is 0 Å². The Kier molecular flexibility index (Phi) is 5.95. The van der Waals surface area contributed by atoms with Crippen molar-refractivity contribution in [1.29, 1.82) is 0 Å². The first-order valence-corrected chi connectivity index (χ1v) is 5.90. The molecule has 0 rings (SSSR count). The Balaban J connectivity index is 3.74. The largest absolute Gasteiger partial charge is 0.466 e. The summed E-state index contributed by atoms with van der Waals surface area (Å²) in [6.45, 7) is 3.74. The van der Waals surface area contributed by atoms with E-state index in [0.29, 0.717) is 0 Å². The number of esters is 1. The van der Waals surface area contributed by atoms with Gasteiger partial charge in [0.2, 0.25) is 0 Å². The Morgan fingerprint density at radius 1 is 1.38 bits per heavy atom. The van der Waals surface area contributed by atoms with Crippen LogP contribution in [0.1, 0.15) is 20.3 Å². The molecule has 0 saturated heterocycles. The zero-order valence-electron chi connectivity index (χ0n) is 7.86. The number of carbonyl (C=O) groups excluding carboxylic acids is 1. The third kappa shape index (κ3) is 6.75. The molecule has 0 fully saturated rings. The van der Waals surface area contributed by atoms with Gasteiger partial charge in [-0.15, -0.1) is 0 Å². The fourth-order valence-electron chi connectivity index (χ4n) is 0.732. The second kappa shape index (κ2) is 6.13. The van der Waals surface area contributed by atoms with Gasteiger partial charge in [-0.05, 0) is 13.8 Å². The summed E-state index contributed by atoms with van der Waals surface area (Å²) in [4.78, 5) is 19.8. The van der Waals surface area contributed by atoms with Crippen LogP contribution in [-0.2, 0) is 18.6 Å². The molecule has 0 saturated carbocycles. The van der Waals surface area contributed by atoms with Crippen molar-refractivity contribution in [3.05, 3.63) is 0 Å². The van der Waals surface area contributed by atoms with Crippen molar-refractivity contribution in [2.75, 3.05) is 19.4 Å². The summed E-state index contributed by atoms with van der Waals surface area (Å²) in [5, 5.41) is 0. The Morgan fingerprint density at radius 3 is 2.46 bits per heavy atom. The minimum atomic E-state index is -3.57. The third-order valence-electron chi connectivity index (χ3n) is 1.23. The van der Waals surface area contributed by atoms with Crippen molar-refractivity contribution in [3.8, 4) is 0 Å². The molecule has 0 aliphatic rings. The molecule has 0 bridgehead atoms. The highest BCUT2D eigenvalue weighted by molar-refractivity contribution is 7.52. The van der Waals surface area contributed by atoms with Crippen LogP contribution in [0.2, 0.25) is 0 Å². The van der Waals surface area contributed by atoms with E-state index in [9.17, 15) is 9.36 Å². The molecule has 1 unspecified atom stereocenters. The molecule has 0 aliphatic carbocycles. The summed E-state index contributed by atoms with van der Waals surface area (Å²) in [6.07, 6.45) is -0.263. The first-order valence-electron chi connectivity index (χ1n) is 4.13. The number of rotatable bonds is 6. The molecular formula is C7H15O5P. The SMILES string of the molecule is CCOC(=O)CCP(=O)(O)OCC. The van der Waals surface area contributed by atoms with Gasteiger partial charge in [0.05, 0.1) is 25.8 Å². The predicted octanol–water partition coefficient (Wildman–Crippen LogP) is 1.16. The second-order valence-corrected chi connectivity index (χ2v) is 4.31. The smallest absolute Gasteiger partial charge is 0.328 e. The van der Waals surface area contributed by atoms with Gasteiger partial charge in [-0.2, -0.15) is 0 Å². The highest BCUT2D eigenvalue weighted by Gasteiger charge is 2.20. The molecule has 0 spiro atoms. The maximum absolute atomic E-state index is 11.0. The Morgan fingerprint density at radius 2 is 2.00 bits per heavy atom. The van der Waals surface area contributed by atoms with E-state index >= 15 is 0 Å². The summed E-state index contributed by atoms with van der Waals surface area (Å²) in [6, 6.07) is 0. The average Bonchev–Trinajstić information content (AvgIpc) is 2.02. The Labute approximate surface area is 77.6 Å². The maximum Gasteiger partial charge on any atom is 0.328 e. The molecule has 0 aromatic rings. The van der Waals surface area contributed by atoms with E-state index in [0.717, 1.165) is 0 Å². The summed E-state index contributed by atoms with van der Waals surface area (Å²) in [7, 11) is -3.57. The molecule has 0 amide bonds. The van der Waals surface area contributed by atoms with Crippen molar-refractivity contribution in [1.82, 2.24) is 0 Å². The van der Waals surface area contributed by atoms with Crippen LogP contribution in [0, 0.1) is 0 Å². The van der Waals surface area contributed by atoms with Gasteiger partial charge in [0.15, 0.2) is 0 Å². The van der Waals surface area contributed by atoms with Crippen molar-refractivity contribution in [3.63, 3.8) is 0 Å². The van der Waals surface area contributed by atoms with Gasteiger partial charge < -0.3 is 14.2 Å². The summed E-state index contributed by atoms with van der Waals surface area (Å²) in [5.41, 5.74) is 0. The lowest BCUT2D eigenvalue weighted by atomic mass is 10.5. The second-order valence-electron chi connectivity index (χ2n) is 2.33. The highest BCUT2D eigenvalue weighted by atomic mass is 31.2. The van der Waals surface area contributed by atoms with E-state index in [-0.39, 0.29) is 25.8 Å². The molecule has 0 aromatic carbocycles. The predicted molar refractivity (Wildman–Crippen MR) is 47.6 cm³/mol. The van der Waals surface area contributed by atoms with Crippen molar-refractivity contribution < 1.29 is 23.5 Å². The minimum absolute atomic E-state index is 0.0817. The lowest BCUT2D eigenvalue weighted by Gasteiger charge is -2.09. The average molecular weight is 210 g/mol. The van der Waals surface area contributed by atoms with E-state index < -0.39 is 13.6 Å². The van der Waals surface area contributed by atoms with Gasteiger partial charge in [0.25, 0.3) is 0 Å². The van der Waals surface area contributed by atoms with E-state index in [1.54, 1.807) is 13.8 Å². The lowest BCUT2D eigenvalue weighted by Crippen LogP contribution is -2.07. The van der Waals surface area contributed by atoms with Crippen LogP contribution in [-0.4, -0.2) is 30.2 Å². The summed E-state index contributed by atoms with van der Waals surface area (Å²) < 4.78 is 20.2. The minimum Gasteiger partial charge on any atom is -0.466 e. The first kappa shape index (κ1) is 12.6. The third-order valence-corrected chi connectivity index (χ3v) is 2.69. The van der Waals surface area contributed by atoms with Crippen LogP contribution in [0.15, 0.2) is 0 Å². The lowest BCUT2D eigenvalue weighted by molar-refractivity contribution is -0.142. The summed E-state index contributed by atoms with van der Waals surface area (Å²) in [5.74, 6) is -0.475. The monoisotopic (exact) mass is 210 g/mol. The molecule has 13 heavy (non-hydrogen) atoms. The standard InChI is InChI=1S/C7H15O5P/c1-3-11-7(8)5-6-13(9,10)12-4-2/h3-6H2,1-2H3,(H,9,10). The van der Waals surface area contributed by atoms with Gasteiger partial charge in [0.1, 0.15) is 0 Å². The zero-order valence-corrected chi connectivity index (χ0v) is 8.75. The summed E-state index contributed by atoms with van der Waals surface area (Å²) >= 11 is 0. The topological polar surface area (TPSA) is 72.8 Å². The quantitative estimate of drug-likeness (QED) is 0.526. The normalized spacial score (nSPS) is 15.0. The van der Waals surface area contributed by atoms with E-state index in [1.165, 1.54) is 0 Å². The first-order chi connectivity index (χ1) is 6.02. The molecule has 1 N–H and O–H groups in total. The van der Waals surface area contributed by atoms with Gasteiger partial charge in [-0.25, -0.2) is 0 Å². The molecule has 6 heteroatoms. The molecule has 0 aliphatic heterocycles. The van der Waals surface area contributed by atoms with Crippen LogP contribution in [0.5, 0.6) is 0 Å². The van der Waals surface area contributed by atoms with E-state index in [4.69, 9.17) is 4.89 Å². The number of carbonyl (C=O) groups is 1. The fourth-order valence-corrected chi connectivity index (χ4v) is 1.73. The molecule has 5 nitrogen and oxygen atoms in total. The van der Waals surface area contributed by atoms with Crippen LogP contribution < -0.4 is 0 Å². The van der Waals surface area contributed by atoms with Crippen LogP contribution in [0.4, 0.5) is 0 Å². The molecule has 0 radical (unpaired) electrons. The molecule has 1 atom stereocenters. The number of ether oxygens (including phenoxy) is 1. The maximum atomic E-state index is 11.0. The van der Waals surface area contributed by atoms with Crippen LogP contribution in [0.3, 0.4) is 0 Å².